The molecule has 2 aromatic carbocycles. The second kappa shape index (κ2) is 7.70. The van der Waals surface area contributed by atoms with E-state index in [1.165, 1.54) is 0 Å². The van der Waals surface area contributed by atoms with E-state index in [0.29, 0.717) is 18.4 Å². The van der Waals surface area contributed by atoms with Gasteiger partial charge in [0, 0.05) is 40.8 Å². The van der Waals surface area contributed by atoms with E-state index < -0.39 is 0 Å². The maximum absolute atomic E-state index is 13.4. The third kappa shape index (κ3) is 3.39. The summed E-state index contributed by atoms with van der Waals surface area (Å²) in [7, 11) is 1.66. The lowest BCUT2D eigenvalue weighted by Gasteiger charge is -2.37. The van der Waals surface area contributed by atoms with Crippen molar-refractivity contribution in [1.82, 2.24) is 5.32 Å². The smallest absolute Gasteiger partial charge is 0.162 e. The quantitative estimate of drug-likeness (QED) is 0.830. The summed E-state index contributed by atoms with van der Waals surface area (Å²) in [5.74, 6) is 0.635. The van der Waals surface area contributed by atoms with Gasteiger partial charge in [0.2, 0.25) is 0 Å². The number of rotatable bonds is 4. The number of Topliss-reactive ketones (excluding diaryl/α,β-unsaturated/α-hetero) is 2. The number of carbonyl (C=O) groups excluding carboxylic acids is 2. The lowest BCUT2D eigenvalue weighted by Crippen LogP contribution is -2.35. The monoisotopic (exact) mass is 387 g/mol. The van der Waals surface area contributed by atoms with Crippen molar-refractivity contribution in [3.8, 4) is 5.75 Å². The zero-order valence-corrected chi connectivity index (χ0v) is 17.0. The zero-order chi connectivity index (χ0) is 20.5. The number of ether oxygens (including phenoxy) is 1. The Morgan fingerprint density at radius 2 is 1.72 bits per heavy atom. The van der Waals surface area contributed by atoms with Gasteiger partial charge in [-0.25, -0.2) is 0 Å². The summed E-state index contributed by atoms with van der Waals surface area (Å²) in [5.41, 5.74) is 5.20. The molecule has 29 heavy (non-hydrogen) atoms. The maximum Gasteiger partial charge on any atom is 0.162 e. The van der Waals surface area contributed by atoms with Crippen LogP contribution in [0.15, 0.2) is 77.1 Å². The lowest BCUT2D eigenvalue weighted by atomic mass is 9.71. The molecule has 0 radical (unpaired) electrons. The first-order valence-corrected chi connectivity index (χ1v) is 9.94. The van der Waals surface area contributed by atoms with Gasteiger partial charge < -0.3 is 10.1 Å². The molecule has 2 atom stereocenters. The number of dihydropyridines is 1. The Labute approximate surface area is 171 Å². The number of carbonyl (C=O) groups is 2. The third-order valence-corrected chi connectivity index (χ3v) is 5.92. The summed E-state index contributed by atoms with van der Waals surface area (Å²) in [6.07, 6.45) is 1.13. The molecule has 1 aliphatic heterocycles. The highest BCUT2D eigenvalue weighted by Crippen LogP contribution is 2.46. The van der Waals surface area contributed by atoms with Crippen LogP contribution in [-0.2, 0) is 9.59 Å². The number of hydrogen-bond acceptors (Lipinski definition) is 4. The van der Waals surface area contributed by atoms with E-state index in [4.69, 9.17) is 4.74 Å². The SMILES string of the molecule is COc1ccccc1C1CC(=O)C2=C(C1)NC(C)=C(C(C)=O)C2c1ccccc1. The van der Waals surface area contributed by atoms with E-state index in [-0.39, 0.29) is 23.4 Å². The van der Waals surface area contributed by atoms with Gasteiger partial charge in [-0.1, -0.05) is 48.5 Å². The van der Waals surface area contributed by atoms with Gasteiger partial charge in [0.05, 0.1) is 7.11 Å². The van der Waals surface area contributed by atoms with E-state index in [9.17, 15) is 9.59 Å². The van der Waals surface area contributed by atoms with Gasteiger partial charge >= 0.3 is 0 Å². The Bertz CT molecular complexity index is 1030. The molecule has 0 aromatic heterocycles. The van der Waals surface area contributed by atoms with Gasteiger partial charge in [-0.2, -0.15) is 0 Å². The van der Waals surface area contributed by atoms with Crippen molar-refractivity contribution < 1.29 is 14.3 Å². The molecule has 0 spiro atoms. The Morgan fingerprint density at radius 1 is 1.03 bits per heavy atom. The minimum atomic E-state index is -0.309. The van der Waals surface area contributed by atoms with Crippen LogP contribution < -0.4 is 10.1 Å². The van der Waals surface area contributed by atoms with Crippen LogP contribution in [0.4, 0.5) is 0 Å². The highest BCUT2D eigenvalue weighted by molar-refractivity contribution is 6.05. The second-order valence-electron chi connectivity index (χ2n) is 7.73. The molecule has 0 bridgehead atoms. The van der Waals surface area contributed by atoms with Gasteiger partial charge in [0.1, 0.15) is 5.75 Å². The number of allylic oxidation sites excluding steroid dienone is 4. The van der Waals surface area contributed by atoms with Crippen molar-refractivity contribution in [2.24, 2.45) is 0 Å². The van der Waals surface area contributed by atoms with Crippen molar-refractivity contribution in [1.29, 1.82) is 0 Å². The van der Waals surface area contributed by atoms with Crippen molar-refractivity contribution in [2.45, 2.75) is 38.5 Å². The molecule has 0 fully saturated rings. The fraction of sp³-hybridized carbons (Fsp3) is 0.280. The molecule has 0 saturated carbocycles. The van der Waals surface area contributed by atoms with Gasteiger partial charge in [0.25, 0.3) is 0 Å². The predicted octanol–water partition coefficient (Wildman–Crippen LogP) is 4.65. The molecular weight excluding hydrogens is 362 g/mol. The van der Waals surface area contributed by atoms with Gasteiger partial charge in [-0.3, -0.25) is 9.59 Å². The number of benzene rings is 2. The Balaban J connectivity index is 1.80. The van der Waals surface area contributed by atoms with E-state index >= 15 is 0 Å². The summed E-state index contributed by atoms with van der Waals surface area (Å²) in [6, 6.07) is 17.7. The molecular formula is C25H25NO3. The van der Waals surface area contributed by atoms with Crippen LogP contribution in [0.2, 0.25) is 0 Å². The number of hydrogen-bond donors (Lipinski definition) is 1. The lowest BCUT2D eigenvalue weighted by molar-refractivity contribution is -0.116. The van der Waals surface area contributed by atoms with Crippen LogP contribution in [0.25, 0.3) is 0 Å². The Morgan fingerprint density at radius 3 is 2.41 bits per heavy atom. The highest BCUT2D eigenvalue weighted by atomic mass is 16.5. The van der Waals surface area contributed by atoms with Gasteiger partial charge in [-0.05, 0) is 37.5 Å². The number of para-hydroxylation sites is 1. The molecule has 0 saturated heterocycles. The van der Waals surface area contributed by atoms with E-state index in [1.807, 2.05) is 61.5 Å². The fourth-order valence-corrected chi connectivity index (χ4v) is 4.71. The molecule has 148 valence electrons. The molecule has 2 unspecified atom stereocenters. The van der Waals surface area contributed by atoms with Crippen LogP contribution in [0, 0.1) is 0 Å². The van der Waals surface area contributed by atoms with Crippen LogP contribution >= 0.6 is 0 Å². The summed E-state index contributed by atoms with van der Waals surface area (Å²) in [4.78, 5) is 25.9. The van der Waals surface area contributed by atoms with Crippen LogP contribution in [-0.4, -0.2) is 18.7 Å². The molecule has 2 aromatic rings. The van der Waals surface area contributed by atoms with Crippen molar-refractivity contribution in [2.75, 3.05) is 7.11 Å². The van der Waals surface area contributed by atoms with Crippen molar-refractivity contribution in [3.63, 3.8) is 0 Å². The van der Waals surface area contributed by atoms with Crippen LogP contribution in [0.1, 0.15) is 49.7 Å². The first kappa shape index (κ1) is 19.2. The van der Waals surface area contributed by atoms with Crippen LogP contribution in [0.5, 0.6) is 5.75 Å². The highest BCUT2D eigenvalue weighted by Gasteiger charge is 2.40. The fourth-order valence-electron chi connectivity index (χ4n) is 4.71. The molecule has 1 N–H and O–H groups in total. The summed E-state index contributed by atoms with van der Waals surface area (Å²) >= 11 is 0. The standard InChI is InChI=1S/C25H25NO3/c1-15-23(16(2)27)24(17-9-5-4-6-10-17)25-20(26-15)13-18(14-21(25)28)19-11-7-8-12-22(19)29-3/h4-12,18,24,26H,13-14H2,1-3H3. The first-order chi connectivity index (χ1) is 14.0. The predicted molar refractivity (Wildman–Crippen MR) is 113 cm³/mol. The largest absolute Gasteiger partial charge is 0.496 e. The normalized spacial score (nSPS) is 21.6. The average molecular weight is 387 g/mol. The van der Waals surface area contributed by atoms with Crippen LogP contribution in [0.3, 0.4) is 0 Å². The maximum atomic E-state index is 13.4. The molecule has 0 amide bonds. The van der Waals surface area contributed by atoms with Crippen molar-refractivity contribution >= 4 is 11.6 Å². The average Bonchev–Trinajstić information content (AvgIpc) is 2.72. The molecule has 1 aliphatic carbocycles. The number of nitrogens with one attached hydrogen (secondary N) is 1. The van der Waals surface area contributed by atoms with E-state index in [0.717, 1.165) is 33.8 Å². The molecule has 2 aliphatic rings. The summed E-state index contributed by atoms with van der Waals surface area (Å²) in [5, 5.41) is 3.39. The Kier molecular flexibility index (Phi) is 5.10. The molecule has 1 heterocycles. The summed E-state index contributed by atoms with van der Waals surface area (Å²) < 4.78 is 5.53. The van der Waals surface area contributed by atoms with Crippen molar-refractivity contribution in [3.05, 3.63) is 88.3 Å². The minimum absolute atomic E-state index is 0.00458. The minimum Gasteiger partial charge on any atom is -0.496 e. The molecule has 4 nitrogen and oxygen atoms in total. The van der Waals surface area contributed by atoms with Gasteiger partial charge in [-0.15, -0.1) is 0 Å². The molecule has 4 rings (SSSR count). The Hall–Kier alpha value is -3.14. The topological polar surface area (TPSA) is 55.4 Å². The third-order valence-electron chi connectivity index (χ3n) is 5.92. The summed E-state index contributed by atoms with van der Waals surface area (Å²) in [6.45, 7) is 3.50. The number of ketones is 2. The van der Waals surface area contributed by atoms with E-state index in [1.54, 1.807) is 14.0 Å². The van der Waals surface area contributed by atoms with Gasteiger partial charge in [0.15, 0.2) is 11.6 Å². The van der Waals surface area contributed by atoms with E-state index in [2.05, 4.69) is 5.32 Å². The zero-order valence-electron chi connectivity index (χ0n) is 17.0. The second-order valence-corrected chi connectivity index (χ2v) is 7.73. The molecule has 4 heteroatoms. The first-order valence-electron chi connectivity index (χ1n) is 9.94. The number of methoxy groups -OCH3 is 1.